The van der Waals surface area contributed by atoms with Crippen molar-refractivity contribution in [1.29, 1.82) is 0 Å². The molecule has 2 N–H and O–H groups in total. The summed E-state index contributed by atoms with van der Waals surface area (Å²) in [6.07, 6.45) is 7.91. The van der Waals surface area contributed by atoms with E-state index in [2.05, 4.69) is 20.4 Å². The molecule has 136 valence electrons. The Kier molecular flexibility index (Phi) is 5.84. The lowest BCUT2D eigenvalue weighted by Crippen LogP contribution is -2.22. The molecule has 1 heterocycles. The maximum Gasteiger partial charge on any atom is 0.337 e. The highest BCUT2D eigenvalue weighted by molar-refractivity contribution is 6.03. The van der Waals surface area contributed by atoms with Crippen LogP contribution < -0.4 is 10.6 Å². The van der Waals surface area contributed by atoms with E-state index in [0.717, 1.165) is 5.69 Å². The van der Waals surface area contributed by atoms with Crippen LogP contribution in [-0.4, -0.2) is 30.0 Å². The average molecular weight is 353 g/mol. The monoisotopic (exact) mass is 353 g/mol. The number of pyridine rings is 1. The number of amides is 1. The molecule has 0 unspecified atom stereocenters. The lowest BCUT2D eigenvalue weighted by atomic mass is 9.95. The molecule has 0 bridgehead atoms. The van der Waals surface area contributed by atoms with Crippen molar-refractivity contribution in [3.8, 4) is 0 Å². The van der Waals surface area contributed by atoms with Gasteiger partial charge in [0.2, 0.25) is 0 Å². The number of hydrogen-bond donors (Lipinski definition) is 2. The minimum Gasteiger partial charge on any atom is -0.465 e. The normalized spacial score (nSPS) is 14.5. The number of benzene rings is 1. The number of rotatable bonds is 5. The SMILES string of the molecule is COC(=O)c1ccc(NC(=O)c2ccc(NC3CCCCC3)cn2)cc1. The van der Waals surface area contributed by atoms with Crippen LogP contribution in [0.15, 0.2) is 42.6 Å². The molecule has 6 heteroatoms. The number of hydrogen-bond acceptors (Lipinski definition) is 5. The van der Waals surface area contributed by atoms with Crippen molar-refractivity contribution in [2.45, 2.75) is 38.1 Å². The lowest BCUT2D eigenvalue weighted by Gasteiger charge is -2.23. The van der Waals surface area contributed by atoms with Crippen molar-refractivity contribution in [3.05, 3.63) is 53.9 Å². The summed E-state index contributed by atoms with van der Waals surface area (Å²) in [6, 6.07) is 10.6. The van der Waals surface area contributed by atoms with Crippen LogP contribution in [0.5, 0.6) is 0 Å². The van der Waals surface area contributed by atoms with Gasteiger partial charge in [0.1, 0.15) is 5.69 Å². The predicted molar refractivity (Wildman–Crippen MR) is 100 cm³/mol. The highest BCUT2D eigenvalue weighted by Crippen LogP contribution is 2.21. The number of nitrogens with zero attached hydrogens (tertiary/aromatic N) is 1. The zero-order valence-electron chi connectivity index (χ0n) is 14.8. The first-order valence-corrected chi connectivity index (χ1v) is 8.88. The van der Waals surface area contributed by atoms with Crippen molar-refractivity contribution in [1.82, 2.24) is 4.98 Å². The Morgan fingerprint density at radius 2 is 1.69 bits per heavy atom. The summed E-state index contributed by atoms with van der Waals surface area (Å²) in [5.74, 6) is -0.703. The summed E-state index contributed by atoms with van der Waals surface area (Å²) in [7, 11) is 1.33. The molecule has 1 aliphatic carbocycles. The summed E-state index contributed by atoms with van der Waals surface area (Å²) in [5.41, 5.74) is 2.31. The van der Waals surface area contributed by atoms with E-state index in [-0.39, 0.29) is 5.91 Å². The molecule has 1 fully saturated rings. The highest BCUT2D eigenvalue weighted by atomic mass is 16.5. The third-order valence-corrected chi connectivity index (χ3v) is 4.54. The van der Waals surface area contributed by atoms with E-state index in [1.807, 2.05) is 6.07 Å². The second-order valence-electron chi connectivity index (χ2n) is 6.43. The molecule has 1 saturated carbocycles. The molecule has 1 aromatic carbocycles. The van der Waals surface area contributed by atoms with E-state index in [9.17, 15) is 9.59 Å². The summed E-state index contributed by atoms with van der Waals surface area (Å²) >= 11 is 0. The largest absolute Gasteiger partial charge is 0.465 e. The molecule has 2 aromatic rings. The van der Waals surface area contributed by atoms with Gasteiger partial charge in [-0.05, 0) is 49.2 Å². The summed E-state index contributed by atoms with van der Waals surface area (Å²) in [4.78, 5) is 28.0. The molecule has 3 rings (SSSR count). The number of esters is 1. The fourth-order valence-electron chi connectivity index (χ4n) is 3.10. The second kappa shape index (κ2) is 8.47. The molecule has 0 atom stereocenters. The van der Waals surface area contributed by atoms with Gasteiger partial charge in [-0.3, -0.25) is 4.79 Å². The van der Waals surface area contributed by atoms with Gasteiger partial charge < -0.3 is 15.4 Å². The fraction of sp³-hybridized carbons (Fsp3) is 0.350. The second-order valence-corrected chi connectivity index (χ2v) is 6.43. The van der Waals surface area contributed by atoms with E-state index in [4.69, 9.17) is 0 Å². The number of carbonyl (C=O) groups is 2. The zero-order valence-corrected chi connectivity index (χ0v) is 14.8. The zero-order chi connectivity index (χ0) is 18.4. The Morgan fingerprint density at radius 1 is 1.00 bits per heavy atom. The molecule has 1 amide bonds. The van der Waals surface area contributed by atoms with Crippen LogP contribution >= 0.6 is 0 Å². The quantitative estimate of drug-likeness (QED) is 0.798. The van der Waals surface area contributed by atoms with E-state index >= 15 is 0 Å². The van der Waals surface area contributed by atoms with Crippen LogP contribution in [-0.2, 0) is 4.74 Å². The molecular weight excluding hydrogens is 330 g/mol. The maximum absolute atomic E-state index is 12.3. The van der Waals surface area contributed by atoms with Crippen LogP contribution in [0.2, 0.25) is 0 Å². The molecule has 1 aliphatic rings. The predicted octanol–water partition coefficient (Wildman–Crippen LogP) is 3.87. The number of ether oxygens (including phenoxy) is 1. The van der Waals surface area contributed by atoms with Crippen LogP contribution in [0, 0.1) is 0 Å². The molecule has 0 radical (unpaired) electrons. The van der Waals surface area contributed by atoms with Gasteiger partial charge in [0.25, 0.3) is 5.91 Å². The van der Waals surface area contributed by atoms with Gasteiger partial charge in [0, 0.05) is 11.7 Å². The van der Waals surface area contributed by atoms with Crippen LogP contribution in [0.1, 0.15) is 53.0 Å². The van der Waals surface area contributed by atoms with Gasteiger partial charge in [-0.15, -0.1) is 0 Å². The number of carbonyl (C=O) groups excluding carboxylic acids is 2. The third kappa shape index (κ3) is 4.59. The molecule has 0 spiro atoms. The van der Waals surface area contributed by atoms with E-state index < -0.39 is 5.97 Å². The van der Waals surface area contributed by atoms with Crippen molar-refractivity contribution in [3.63, 3.8) is 0 Å². The summed E-state index contributed by atoms with van der Waals surface area (Å²) < 4.78 is 4.65. The number of nitrogens with one attached hydrogen (secondary N) is 2. The molecule has 26 heavy (non-hydrogen) atoms. The lowest BCUT2D eigenvalue weighted by molar-refractivity contribution is 0.0600. The van der Waals surface area contributed by atoms with Crippen LogP contribution in [0.4, 0.5) is 11.4 Å². The Labute approximate surface area is 153 Å². The van der Waals surface area contributed by atoms with Crippen molar-refractivity contribution in [2.24, 2.45) is 0 Å². The highest BCUT2D eigenvalue weighted by Gasteiger charge is 2.14. The first kappa shape index (κ1) is 17.9. The Morgan fingerprint density at radius 3 is 2.31 bits per heavy atom. The number of aromatic nitrogens is 1. The van der Waals surface area contributed by atoms with Gasteiger partial charge in [-0.25, -0.2) is 9.78 Å². The van der Waals surface area contributed by atoms with Gasteiger partial charge >= 0.3 is 5.97 Å². The third-order valence-electron chi connectivity index (χ3n) is 4.54. The molecular formula is C20H23N3O3. The fourth-order valence-corrected chi connectivity index (χ4v) is 3.10. The molecule has 0 saturated heterocycles. The summed E-state index contributed by atoms with van der Waals surface area (Å²) in [6.45, 7) is 0. The van der Waals surface area contributed by atoms with Crippen molar-refractivity contribution >= 4 is 23.3 Å². The van der Waals surface area contributed by atoms with Crippen LogP contribution in [0.25, 0.3) is 0 Å². The van der Waals surface area contributed by atoms with E-state index in [1.54, 1.807) is 36.5 Å². The number of methoxy groups -OCH3 is 1. The van der Waals surface area contributed by atoms with Gasteiger partial charge in [0.05, 0.1) is 24.6 Å². The molecule has 0 aliphatic heterocycles. The molecule has 1 aromatic heterocycles. The minimum absolute atomic E-state index is 0.292. The Bertz CT molecular complexity index is 751. The topological polar surface area (TPSA) is 80.3 Å². The summed E-state index contributed by atoms with van der Waals surface area (Å²) in [5, 5.41) is 6.25. The first-order valence-electron chi connectivity index (χ1n) is 8.88. The maximum atomic E-state index is 12.3. The Balaban J connectivity index is 1.58. The van der Waals surface area contributed by atoms with E-state index in [0.29, 0.717) is 23.0 Å². The number of anilines is 2. The van der Waals surface area contributed by atoms with Crippen molar-refractivity contribution in [2.75, 3.05) is 17.7 Å². The van der Waals surface area contributed by atoms with Crippen LogP contribution in [0.3, 0.4) is 0 Å². The molecule has 6 nitrogen and oxygen atoms in total. The van der Waals surface area contributed by atoms with E-state index in [1.165, 1.54) is 39.2 Å². The first-order chi connectivity index (χ1) is 12.7. The minimum atomic E-state index is -0.411. The van der Waals surface area contributed by atoms with Gasteiger partial charge in [-0.1, -0.05) is 19.3 Å². The smallest absolute Gasteiger partial charge is 0.337 e. The van der Waals surface area contributed by atoms with Crippen molar-refractivity contribution < 1.29 is 14.3 Å². The Hall–Kier alpha value is -2.89. The van der Waals surface area contributed by atoms with Gasteiger partial charge in [0.15, 0.2) is 0 Å². The average Bonchev–Trinajstić information content (AvgIpc) is 2.69. The van der Waals surface area contributed by atoms with Gasteiger partial charge in [-0.2, -0.15) is 0 Å². The standard InChI is InChI=1S/C20H23N3O3/c1-26-20(25)14-7-9-16(10-8-14)23-19(24)18-12-11-17(13-21-18)22-15-5-3-2-4-6-15/h7-13,15,22H,2-6H2,1H3,(H,23,24).